The highest BCUT2D eigenvalue weighted by atomic mass is 32.2. The number of aliphatic imine (C=N–C) groups is 1. The quantitative estimate of drug-likeness (QED) is 0.516. The van der Waals surface area contributed by atoms with Crippen molar-refractivity contribution in [3.63, 3.8) is 0 Å². The van der Waals surface area contributed by atoms with Gasteiger partial charge in [-0.25, -0.2) is 18.1 Å². The number of hydrogen-bond donors (Lipinski definition) is 3. The first-order chi connectivity index (χ1) is 11.5. The lowest BCUT2D eigenvalue weighted by Crippen LogP contribution is -2.36. The Bertz CT molecular complexity index is 754. The molecule has 0 aliphatic carbocycles. The number of thiophene rings is 1. The summed E-state index contributed by atoms with van der Waals surface area (Å²) >= 11 is 1.66. The molecule has 130 valence electrons. The van der Waals surface area contributed by atoms with Gasteiger partial charge in [-0.2, -0.15) is 11.3 Å². The van der Waals surface area contributed by atoms with Gasteiger partial charge in [0.25, 0.3) is 0 Å². The van der Waals surface area contributed by atoms with Gasteiger partial charge >= 0.3 is 0 Å². The van der Waals surface area contributed by atoms with Gasteiger partial charge in [0, 0.05) is 13.1 Å². The summed E-state index contributed by atoms with van der Waals surface area (Å²) in [5, 5.41) is 10.6. The van der Waals surface area contributed by atoms with E-state index in [1.807, 2.05) is 12.3 Å². The first-order valence-electron chi connectivity index (χ1n) is 7.61. The minimum atomic E-state index is -3.39. The molecule has 8 heteroatoms. The molecule has 0 amide bonds. The molecule has 1 aromatic carbocycles. The topological polar surface area (TPSA) is 82.6 Å². The van der Waals surface area contributed by atoms with E-state index in [1.165, 1.54) is 12.6 Å². The summed E-state index contributed by atoms with van der Waals surface area (Å²) in [6.07, 6.45) is 0. The molecule has 2 rings (SSSR count). The van der Waals surface area contributed by atoms with E-state index < -0.39 is 10.0 Å². The van der Waals surface area contributed by atoms with Crippen LogP contribution in [0, 0.1) is 0 Å². The third kappa shape index (κ3) is 5.33. The van der Waals surface area contributed by atoms with Crippen LogP contribution in [0.5, 0.6) is 0 Å². The number of guanidine groups is 1. The molecule has 0 saturated carbocycles. The van der Waals surface area contributed by atoms with E-state index in [0.717, 1.165) is 18.1 Å². The van der Waals surface area contributed by atoms with Crippen LogP contribution in [0.15, 0.2) is 51.0 Å². The number of nitrogens with zero attached hydrogens (tertiary/aromatic N) is 1. The molecule has 1 aromatic heterocycles. The minimum Gasteiger partial charge on any atom is -0.357 e. The van der Waals surface area contributed by atoms with Gasteiger partial charge < -0.3 is 10.6 Å². The van der Waals surface area contributed by atoms with E-state index in [4.69, 9.17) is 0 Å². The molecule has 2 aromatic rings. The lowest BCUT2D eigenvalue weighted by molar-refractivity contribution is 0.588. The Morgan fingerprint density at radius 2 is 1.88 bits per heavy atom. The summed E-state index contributed by atoms with van der Waals surface area (Å²) in [5.74, 6) is 0.732. The van der Waals surface area contributed by atoms with Crippen molar-refractivity contribution in [1.29, 1.82) is 0 Å². The average molecular weight is 367 g/mol. The van der Waals surface area contributed by atoms with Crippen LogP contribution < -0.4 is 15.4 Å². The lowest BCUT2D eigenvalue weighted by atomic mass is 10.2. The van der Waals surface area contributed by atoms with Crippen LogP contribution >= 0.6 is 11.3 Å². The smallest absolute Gasteiger partial charge is 0.240 e. The summed E-state index contributed by atoms with van der Waals surface area (Å²) in [5.41, 5.74) is 2.16. The third-order valence-electron chi connectivity index (χ3n) is 3.31. The van der Waals surface area contributed by atoms with Crippen molar-refractivity contribution in [1.82, 2.24) is 15.4 Å². The number of nitrogens with one attached hydrogen (secondary N) is 3. The summed E-state index contributed by atoms with van der Waals surface area (Å²) in [6, 6.07) is 8.83. The van der Waals surface area contributed by atoms with Gasteiger partial charge in [-0.05, 0) is 54.1 Å². The van der Waals surface area contributed by atoms with Crippen LogP contribution in [0.4, 0.5) is 0 Å². The van der Waals surface area contributed by atoms with Crippen LogP contribution in [0.2, 0.25) is 0 Å². The molecule has 0 aliphatic heterocycles. The second kappa shape index (κ2) is 8.81. The monoisotopic (exact) mass is 366 g/mol. The van der Waals surface area contributed by atoms with Crippen LogP contribution in [-0.4, -0.2) is 28.0 Å². The Labute approximate surface area is 147 Å². The van der Waals surface area contributed by atoms with E-state index in [9.17, 15) is 8.42 Å². The third-order valence-corrected chi connectivity index (χ3v) is 5.47. The average Bonchev–Trinajstić information content (AvgIpc) is 3.11. The molecule has 24 heavy (non-hydrogen) atoms. The standard InChI is InChI=1S/C16H22N4O2S2/c1-3-18-16(20-11-14-8-9-23-12-14)19-10-13-4-6-15(7-5-13)24(21,22)17-2/h4-9,12,17H,3,10-11H2,1-2H3,(H2,18,19,20). The lowest BCUT2D eigenvalue weighted by Gasteiger charge is -2.11. The highest BCUT2D eigenvalue weighted by Gasteiger charge is 2.10. The second-order valence-corrected chi connectivity index (χ2v) is 7.70. The van der Waals surface area contributed by atoms with Gasteiger partial charge in [0.05, 0.1) is 11.4 Å². The van der Waals surface area contributed by atoms with Crippen molar-refractivity contribution in [2.75, 3.05) is 13.6 Å². The highest BCUT2D eigenvalue weighted by Crippen LogP contribution is 2.10. The number of benzene rings is 1. The normalized spacial score (nSPS) is 12.2. The molecule has 0 saturated heterocycles. The van der Waals surface area contributed by atoms with Crippen molar-refractivity contribution in [3.8, 4) is 0 Å². The summed E-state index contributed by atoms with van der Waals surface area (Å²) in [6.45, 7) is 3.97. The zero-order valence-corrected chi connectivity index (χ0v) is 15.4. The van der Waals surface area contributed by atoms with Crippen LogP contribution in [0.1, 0.15) is 18.1 Å². The van der Waals surface area contributed by atoms with Gasteiger partial charge in [-0.3, -0.25) is 0 Å². The molecule has 0 bridgehead atoms. The van der Waals surface area contributed by atoms with E-state index in [1.54, 1.807) is 35.6 Å². The van der Waals surface area contributed by atoms with Gasteiger partial charge in [0.15, 0.2) is 5.96 Å². The Balaban J connectivity index is 1.97. The Morgan fingerprint density at radius 3 is 2.46 bits per heavy atom. The van der Waals surface area contributed by atoms with Gasteiger partial charge in [-0.15, -0.1) is 0 Å². The first-order valence-corrected chi connectivity index (χ1v) is 10.0. The minimum absolute atomic E-state index is 0.256. The molecule has 0 fully saturated rings. The molecule has 0 spiro atoms. The Hall–Kier alpha value is -1.90. The number of sulfonamides is 1. The summed E-state index contributed by atoms with van der Waals surface area (Å²) < 4.78 is 25.7. The SMILES string of the molecule is CCNC(=NCc1ccsc1)NCc1ccc(S(=O)(=O)NC)cc1. The van der Waals surface area contributed by atoms with E-state index in [-0.39, 0.29) is 4.90 Å². The molecular formula is C16H22N4O2S2. The number of rotatable bonds is 7. The van der Waals surface area contributed by atoms with Crippen LogP contribution in [0.25, 0.3) is 0 Å². The zero-order chi connectivity index (χ0) is 17.4. The fraction of sp³-hybridized carbons (Fsp3) is 0.312. The van der Waals surface area contributed by atoms with Crippen molar-refractivity contribution in [2.45, 2.75) is 24.9 Å². The largest absolute Gasteiger partial charge is 0.357 e. The molecule has 0 radical (unpaired) electrons. The van der Waals surface area contributed by atoms with Gasteiger partial charge in [-0.1, -0.05) is 12.1 Å². The maximum atomic E-state index is 11.7. The molecule has 1 heterocycles. The predicted octanol–water partition coefficient (Wildman–Crippen LogP) is 1.91. The van der Waals surface area contributed by atoms with Crippen LogP contribution in [-0.2, 0) is 23.1 Å². The van der Waals surface area contributed by atoms with Crippen molar-refractivity contribution >= 4 is 27.3 Å². The Morgan fingerprint density at radius 1 is 1.12 bits per heavy atom. The van der Waals surface area contributed by atoms with Gasteiger partial charge in [0.1, 0.15) is 0 Å². The maximum Gasteiger partial charge on any atom is 0.240 e. The molecular weight excluding hydrogens is 344 g/mol. The second-order valence-electron chi connectivity index (χ2n) is 5.03. The van der Waals surface area contributed by atoms with Crippen molar-refractivity contribution in [2.24, 2.45) is 4.99 Å². The fourth-order valence-electron chi connectivity index (χ4n) is 1.98. The van der Waals surface area contributed by atoms with E-state index >= 15 is 0 Å². The summed E-state index contributed by atoms with van der Waals surface area (Å²) in [4.78, 5) is 4.79. The zero-order valence-electron chi connectivity index (χ0n) is 13.7. The molecule has 6 nitrogen and oxygen atoms in total. The highest BCUT2D eigenvalue weighted by molar-refractivity contribution is 7.89. The van der Waals surface area contributed by atoms with E-state index in [2.05, 4.69) is 31.8 Å². The summed E-state index contributed by atoms with van der Waals surface area (Å²) in [7, 11) is -1.99. The molecule has 0 atom stereocenters. The molecule has 3 N–H and O–H groups in total. The maximum absolute atomic E-state index is 11.7. The molecule has 0 aliphatic rings. The van der Waals surface area contributed by atoms with Crippen molar-refractivity contribution in [3.05, 3.63) is 52.2 Å². The number of hydrogen-bond acceptors (Lipinski definition) is 4. The van der Waals surface area contributed by atoms with Gasteiger partial charge in [0.2, 0.25) is 10.0 Å². The fourth-order valence-corrected chi connectivity index (χ4v) is 3.37. The molecule has 0 unspecified atom stereocenters. The first kappa shape index (κ1) is 18.4. The van der Waals surface area contributed by atoms with Crippen LogP contribution in [0.3, 0.4) is 0 Å². The Kier molecular flexibility index (Phi) is 6.77. The van der Waals surface area contributed by atoms with Crippen molar-refractivity contribution < 1.29 is 8.42 Å². The predicted molar refractivity (Wildman–Crippen MR) is 98.7 cm³/mol. The van der Waals surface area contributed by atoms with E-state index in [0.29, 0.717) is 13.1 Å².